The van der Waals surface area contributed by atoms with Crippen LogP contribution < -0.4 is 10.0 Å². The Labute approximate surface area is 195 Å². The maximum absolute atomic E-state index is 12.8. The van der Waals surface area contributed by atoms with Crippen molar-refractivity contribution in [1.82, 2.24) is 19.8 Å². The highest BCUT2D eigenvalue weighted by molar-refractivity contribution is 7.89. The van der Waals surface area contributed by atoms with Crippen LogP contribution >= 0.6 is 0 Å². The number of nitrogens with zero attached hydrogens (tertiary/aromatic N) is 2. The van der Waals surface area contributed by atoms with Crippen molar-refractivity contribution in [2.45, 2.75) is 17.6 Å². The maximum Gasteiger partial charge on any atom is 0.416 e. The summed E-state index contributed by atoms with van der Waals surface area (Å²) in [6.45, 7) is 1.50. The number of alkyl halides is 3. The summed E-state index contributed by atoms with van der Waals surface area (Å²) < 4.78 is 65.2. The quantitative estimate of drug-likeness (QED) is 0.574. The molecule has 0 unspecified atom stereocenters. The number of carbonyl (C=O) groups is 2. The lowest BCUT2D eigenvalue weighted by Crippen LogP contribution is -2.52. The van der Waals surface area contributed by atoms with E-state index in [2.05, 4.69) is 10.0 Å². The van der Waals surface area contributed by atoms with Crippen LogP contribution in [0.25, 0.3) is 0 Å². The number of hydrogen-bond acceptors (Lipinski definition) is 5. The fourth-order valence-corrected chi connectivity index (χ4v) is 4.42. The van der Waals surface area contributed by atoms with Gasteiger partial charge in [-0.15, -0.1) is 0 Å². The van der Waals surface area contributed by atoms with Gasteiger partial charge in [0.05, 0.1) is 23.5 Å². The average molecular weight is 499 g/mol. The lowest BCUT2D eigenvalue weighted by atomic mass is 10.2. The number of nitrogens with one attached hydrogen (secondary N) is 2. The smallest absolute Gasteiger partial charge is 0.351 e. The molecule has 2 aromatic carbocycles. The zero-order valence-electron chi connectivity index (χ0n) is 18.2. The first-order valence-corrected chi connectivity index (χ1v) is 12.0. The highest BCUT2D eigenvalue weighted by Gasteiger charge is 2.32. The molecule has 8 nitrogen and oxygen atoms in total. The highest BCUT2D eigenvalue weighted by atomic mass is 32.2. The molecule has 0 aliphatic carbocycles. The largest absolute Gasteiger partial charge is 0.416 e. The summed E-state index contributed by atoms with van der Waals surface area (Å²) >= 11 is 0. The van der Waals surface area contributed by atoms with Crippen LogP contribution in [0.5, 0.6) is 0 Å². The second-order valence-electron chi connectivity index (χ2n) is 7.77. The summed E-state index contributed by atoms with van der Waals surface area (Å²) in [4.78, 5) is 27.3. The van der Waals surface area contributed by atoms with Crippen molar-refractivity contribution in [3.8, 4) is 0 Å². The van der Waals surface area contributed by atoms with Crippen molar-refractivity contribution >= 4 is 21.8 Å². The molecule has 0 bridgehead atoms. The molecular formula is C22H25F3N4O4S. The standard InChI is InChI=1S/C22H25F3N4O4S/c23-22(24,25)18-7-4-8-19(13-18)34(32,33)27-15-21(31)29-11-9-28(10-12-29)16-20(30)26-14-17-5-2-1-3-6-17/h1-8,13,27H,9-12,14-16H2,(H,26,30). The van der Waals surface area contributed by atoms with Gasteiger partial charge < -0.3 is 10.2 Å². The van der Waals surface area contributed by atoms with E-state index in [1.54, 1.807) is 0 Å². The van der Waals surface area contributed by atoms with Crippen LogP contribution in [-0.4, -0.2) is 69.3 Å². The third-order valence-electron chi connectivity index (χ3n) is 5.31. The van der Waals surface area contributed by atoms with Crippen LogP contribution in [0, 0.1) is 0 Å². The van der Waals surface area contributed by atoms with Gasteiger partial charge in [0, 0.05) is 32.7 Å². The normalized spacial score (nSPS) is 15.2. The molecule has 2 amide bonds. The van der Waals surface area contributed by atoms with Crippen molar-refractivity contribution < 1.29 is 31.2 Å². The second-order valence-corrected chi connectivity index (χ2v) is 9.54. The van der Waals surface area contributed by atoms with E-state index in [9.17, 15) is 31.2 Å². The molecule has 34 heavy (non-hydrogen) atoms. The van der Waals surface area contributed by atoms with Gasteiger partial charge in [0.25, 0.3) is 0 Å². The Balaban J connectivity index is 1.43. The predicted molar refractivity (Wildman–Crippen MR) is 118 cm³/mol. The summed E-state index contributed by atoms with van der Waals surface area (Å²) in [6.07, 6.45) is -4.68. The van der Waals surface area contributed by atoms with E-state index in [0.717, 1.165) is 23.8 Å². The summed E-state index contributed by atoms with van der Waals surface area (Å²) in [7, 11) is -4.29. The lowest BCUT2D eigenvalue weighted by Gasteiger charge is -2.34. The van der Waals surface area contributed by atoms with Gasteiger partial charge in [-0.3, -0.25) is 14.5 Å². The molecule has 3 rings (SSSR count). The first-order valence-electron chi connectivity index (χ1n) is 10.5. The Hall–Kier alpha value is -2.96. The minimum absolute atomic E-state index is 0.141. The minimum atomic E-state index is -4.68. The van der Waals surface area contributed by atoms with Gasteiger partial charge in [-0.05, 0) is 23.8 Å². The molecule has 0 saturated carbocycles. The van der Waals surface area contributed by atoms with Gasteiger partial charge in [-0.2, -0.15) is 13.2 Å². The van der Waals surface area contributed by atoms with Crippen molar-refractivity contribution in [2.75, 3.05) is 39.3 Å². The van der Waals surface area contributed by atoms with Gasteiger partial charge >= 0.3 is 6.18 Å². The molecule has 2 aromatic rings. The van der Waals surface area contributed by atoms with Gasteiger partial charge in [0.1, 0.15) is 0 Å². The van der Waals surface area contributed by atoms with Gasteiger partial charge in [0.15, 0.2) is 0 Å². The van der Waals surface area contributed by atoms with Crippen LogP contribution in [0.2, 0.25) is 0 Å². The molecule has 0 atom stereocenters. The van der Waals surface area contributed by atoms with Crippen LogP contribution in [0.1, 0.15) is 11.1 Å². The summed E-state index contributed by atoms with van der Waals surface area (Å²) in [5.74, 6) is -0.638. The molecule has 1 fully saturated rings. The second kappa shape index (κ2) is 11.0. The summed E-state index contributed by atoms with van der Waals surface area (Å²) in [6, 6.07) is 12.8. The van der Waals surface area contributed by atoms with E-state index in [1.807, 2.05) is 35.2 Å². The van der Waals surface area contributed by atoms with E-state index in [1.165, 1.54) is 4.90 Å². The number of sulfonamides is 1. The van der Waals surface area contributed by atoms with E-state index >= 15 is 0 Å². The van der Waals surface area contributed by atoms with Crippen molar-refractivity contribution in [3.63, 3.8) is 0 Å². The van der Waals surface area contributed by atoms with Crippen LogP contribution in [0.4, 0.5) is 13.2 Å². The molecule has 1 aliphatic heterocycles. The third kappa shape index (κ3) is 7.27. The maximum atomic E-state index is 12.8. The highest BCUT2D eigenvalue weighted by Crippen LogP contribution is 2.30. The number of rotatable bonds is 8. The topological polar surface area (TPSA) is 98.8 Å². The molecule has 1 saturated heterocycles. The Bertz CT molecular complexity index is 1100. The first kappa shape index (κ1) is 25.7. The Morgan fingerprint density at radius 2 is 1.62 bits per heavy atom. The van der Waals surface area contributed by atoms with E-state index < -0.39 is 39.1 Å². The Morgan fingerprint density at radius 1 is 0.941 bits per heavy atom. The van der Waals surface area contributed by atoms with E-state index in [-0.39, 0.29) is 12.5 Å². The number of halogens is 3. The fraction of sp³-hybridized carbons (Fsp3) is 0.364. The zero-order valence-corrected chi connectivity index (χ0v) is 19.0. The molecule has 1 heterocycles. The number of amides is 2. The van der Waals surface area contributed by atoms with E-state index in [4.69, 9.17) is 0 Å². The predicted octanol–water partition coefficient (Wildman–Crippen LogP) is 1.44. The van der Waals surface area contributed by atoms with Crippen LogP contribution in [0.3, 0.4) is 0 Å². The Kier molecular flexibility index (Phi) is 8.28. The zero-order chi connectivity index (χ0) is 24.8. The molecule has 12 heteroatoms. The number of benzene rings is 2. The van der Waals surface area contributed by atoms with Crippen molar-refractivity contribution in [2.24, 2.45) is 0 Å². The number of carbonyl (C=O) groups excluding carboxylic acids is 2. The molecule has 1 aliphatic rings. The van der Waals surface area contributed by atoms with Crippen molar-refractivity contribution in [1.29, 1.82) is 0 Å². The fourth-order valence-electron chi connectivity index (χ4n) is 3.40. The van der Waals surface area contributed by atoms with Crippen LogP contribution in [0.15, 0.2) is 59.5 Å². The molecular weight excluding hydrogens is 473 g/mol. The molecule has 2 N–H and O–H groups in total. The third-order valence-corrected chi connectivity index (χ3v) is 6.71. The summed E-state index contributed by atoms with van der Waals surface area (Å²) in [5.41, 5.74) is -0.107. The van der Waals surface area contributed by atoms with Crippen molar-refractivity contribution in [3.05, 3.63) is 65.7 Å². The molecule has 0 aromatic heterocycles. The molecule has 0 radical (unpaired) electrons. The number of hydrogen-bond donors (Lipinski definition) is 2. The average Bonchev–Trinajstić information content (AvgIpc) is 2.82. The Morgan fingerprint density at radius 3 is 2.26 bits per heavy atom. The lowest BCUT2D eigenvalue weighted by molar-refractivity contribution is -0.137. The summed E-state index contributed by atoms with van der Waals surface area (Å²) in [5, 5.41) is 2.84. The van der Waals surface area contributed by atoms with Gasteiger partial charge in [-0.25, -0.2) is 13.1 Å². The molecule has 184 valence electrons. The van der Waals surface area contributed by atoms with Crippen LogP contribution in [-0.2, 0) is 32.3 Å². The monoisotopic (exact) mass is 498 g/mol. The first-order chi connectivity index (χ1) is 16.0. The minimum Gasteiger partial charge on any atom is -0.351 e. The number of piperazine rings is 1. The van der Waals surface area contributed by atoms with Gasteiger partial charge in [0.2, 0.25) is 21.8 Å². The van der Waals surface area contributed by atoms with E-state index in [0.29, 0.717) is 38.8 Å². The molecule has 0 spiro atoms. The van der Waals surface area contributed by atoms with Gasteiger partial charge in [-0.1, -0.05) is 36.4 Å². The SMILES string of the molecule is O=C(CN1CCN(C(=O)CNS(=O)(=O)c2cccc(C(F)(F)F)c2)CC1)NCc1ccccc1.